The zero-order valence-corrected chi connectivity index (χ0v) is 20.1. The van der Waals surface area contributed by atoms with Crippen LogP contribution in [-0.4, -0.2) is 37.9 Å². The molecule has 5 aromatic rings. The quantitative estimate of drug-likeness (QED) is 0.349. The molecule has 0 bridgehead atoms. The number of carbonyl (C=O) groups is 1. The Morgan fingerprint density at radius 3 is 2.60 bits per heavy atom. The first kappa shape index (κ1) is 22.7. The van der Waals surface area contributed by atoms with Gasteiger partial charge in [0, 0.05) is 0 Å². The Morgan fingerprint density at radius 2 is 1.80 bits per heavy atom. The second-order valence-electron chi connectivity index (χ2n) is 8.05. The van der Waals surface area contributed by atoms with Gasteiger partial charge < -0.3 is 10.1 Å². The molecule has 1 N–H and O–H groups in total. The fraction of sp³-hybridized carbons (Fsp3) is 0.154. The van der Waals surface area contributed by atoms with Gasteiger partial charge in [0.25, 0.3) is 5.56 Å². The minimum atomic E-state index is -0.197. The number of thioether (sulfide) groups is 1. The predicted octanol–water partition coefficient (Wildman–Crippen LogP) is 4.14. The summed E-state index contributed by atoms with van der Waals surface area (Å²) in [6.07, 6.45) is 0. The summed E-state index contributed by atoms with van der Waals surface area (Å²) in [4.78, 5) is 26.1. The van der Waals surface area contributed by atoms with Crippen LogP contribution < -0.4 is 15.6 Å². The Balaban J connectivity index is 1.48. The number of hydrogen-bond donors (Lipinski definition) is 1. The van der Waals surface area contributed by atoms with Crippen molar-refractivity contribution in [1.29, 1.82) is 0 Å². The Morgan fingerprint density at radius 1 is 1.03 bits per heavy atom. The summed E-state index contributed by atoms with van der Waals surface area (Å²) in [6.45, 7) is 2.32. The SMILES string of the molecule is COc1ccc(C)cc1NC(=O)CSc1nnc2n(Cc3ccccc3)c(=O)c3ccccc3n12. The predicted molar refractivity (Wildman–Crippen MR) is 137 cm³/mol. The average molecular weight is 486 g/mol. The van der Waals surface area contributed by atoms with E-state index < -0.39 is 0 Å². The van der Waals surface area contributed by atoms with Gasteiger partial charge in [0.15, 0.2) is 5.16 Å². The lowest BCUT2D eigenvalue weighted by molar-refractivity contribution is -0.113. The number of methoxy groups -OCH3 is 1. The molecule has 8 nitrogen and oxygen atoms in total. The number of rotatable bonds is 7. The lowest BCUT2D eigenvalue weighted by Crippen LogP contribution is -2.24. The highest BCUT2D eigenvalue weighted by atomic mass is 32.2. The summed E-state index contributed by atoms with van der Waals surface area (Å²) < 4.78 is 8.81. The van der Waals surface area contributed by atoms with Crippen LogP contribution in [0.2, 0.25) is 0 Å². The highest BCUT2D eigenvalue weighted by molar-refractivity contribution is 7.99. The molecule has 0 aliphatic heterocycles. The number of hydrogen-bond acceptors (Lipinski definition) is 6. The standard InChI is InChI=1S/C26H23N5O3S/c1-17-12-13-22(34-2)20(14-17)27-23(32)16-35-26-29-28-25-30(15-18-8-4-3-5-9-18)24(33)19-10-6-7-11-21(19)31(25)26/h3-14H,15-16H2,1-2H3,(H,27,32). The molecule has 0 unspecified atom stereocenters. The van der Waals surface area contributed by atoms with Crippen molar-refractivity contribution in [2.45, 2.75) is 18.6 Å². The van der Waals surface area contributed by atoms with E-state index in [1.165, 1.54) is 11.8 Å². The lowest BCUT2D eigenvalue weighted by atomic mass is 10.2. The third-order valence-corrected chi connectivity index (χ3v) is 6.55. The highest BCUT2D eigenvalue weighted by Gasteiger charge is 2.18. The number of aryl methyl sites for hydroxylation is 1. The minimum absolute atomic E-state index is 0.115. The lowest BCUT2D eigenvalue weighted by Gasteiger charge is -2.12. The number of amides is 1. The number of ether oxygens (including phenoxy) is 1. The molecule has 0 saturated carbocycles. The van der Waals surface area contributed by atoms with Gasteiger partial charge in [-0.3, -0.25) is 18.6 Å². The fourth-order valence-electron chi connectivity index (χ4n) is 3.97. The van der Waals surface area contributed by atoms with E-state index in [9.17, 15) is 9.59 Å². The number of benzene rings is 3. The molecule has 0 spiro atoms. The maximum atomic E-state index is 13.3. The molecule has 2 heterocycles. The molecule has 1 amide bonds. The maximum Gasteiger partial charge on any atom is 0.263 e. The molecule has 176 valence electrons. The molecule has 0 saturated heterocycles. The van der Waals surface area contributed by atoms with Gasteiger partial charge in [0.05, 0.1) is 36.0 Å². The largest absolute Gasteiger partial charge is 0.495 e. The second-order valence-corrected chi connectivity index (χ2v) is 9.00. The summed E-state index contributed by atoms with van der Waals surface area (Å²) in [7, 11) is 1.57. The monoisotopic (exact) mass is 485 g/mol. The van der Waals surface area contributed by atoms with Crippen LogP contribution in [0.15, 0.2) is 82.7 Å². The zero-order valence-electron chi connectivity index (χ0n) is 19.3. The van der Waals surface area contributed by atoms with Crippen molar-refractivity contribution >= 4 is 40.0 Å². The molecule has 5 rings (SSSR count). The van der Waals surface area contributed by atoms with E-state index in [4.69, 9.17) is 4.74 Å². The molecule has 0 radical (unpaired) electrons. The summed E-state index contributed by atoms with van der Waals surface area (Å²) in [5, 5.41) is 12.7. The van der Waals surface area contributed by atoms with E-state index in [1.54, 1.807) is 17.7 Å². The smallest absolute Gasteiger partial charge is 0.263 e. The third-order valence-electron chi connectivity index (χ3n) is 5.62. The second kappa shape index (κ2) is 9.63. The van der Waals surface area contributed by atoms with E-state index in [0.29, 0.717) is 39.8 Å². The molecule has 9 heteroatoms. The topological polar surface area (TPSA) is 90.5 Å². The van der Waals surface area contributed by atoms with Crippen LogP contribution in [0.3, 0.4) is 0 Å². The van der Waals surface area contributed by atoms with Crippen LogP contribution in [0.1, 0.15) is 11.1 Å². The number of aromatic nitrogens is 4. The van der Waals surface area contributed by atoms with Crippen LogP contribution in [0.4, 0.5) is 5.69 Å². The minimum Gasteiger partial charge on any atom is -0.495 e. The normalized spacial score (nSPS) is 11.1. The molecule has 3 aromatic carbocycles. The van der Waals surface area contributed by atoms with E-state index in [1.807, 2.05) is 78.1 Å². The Kier molecular flexibility index (Phi) is 6.24. The third kappa shape index (κ3) is 4.50. The first-order valence-corrected chi connectivity index (χ1v) is 12.0. The van der Waals surface area contributed by atoms with Gasteiger partial charge in [0.1, 0.15) is 5.75 Å². The molecule has 2 aromatic heterocycles. The van der Waals surface area contributed by atoms with Gasteiger partial charge in [-0.25, -0.2) is 0 Å². The number of nitrogens with zero attached hydrogens (tertiary/aromatic N) is 4. The van der Waals surface area contributed by atoms with Crippen molar-refractivity contribution in [3.63, 3.8) is 0 Å². The van der Waals surface area contributed by atoms with Crippen molar-refractivity contribution in [2.75, 3.05) is 18.2 Å². The van der Waals surface area contributed by atoms with E-state index in [2.05, 4.69) is 15.5 Å². The molecule has 0 fully saturated rings. The summed E-state index contributed by atoms with van der Waals surface area (Å²) in [5.41, 5.74) is 3.18. The molecular weight excluding hydrogens is 462 g/mol. The summed E-state index contributed by atoms with van der Waals surface area (Å²) in [6, 6.07) is 22.7. The van der Waals surface area contributed by atoms with Gasteiger partial charge in [-0.2, -0.15) is 0 Å². The summed E-state index contributed by atoms with van der Waals surface area (Å²) in [5.74, 6) is 0.945. The van der Waals surface area contributed by atoms with Crippen molar-refractivity contribution in [1.82, 2.24) is 19.2 Å². The fourth-order valence-corrected chi connectivity index (χ4v) is 4.71. The van der Waals surface area contributed by atoms with Gasteiger partial charge in [-0.1, -0.05) is 60.3 Å². The van der Waals surface area contributed by atoms with Gasteiger partial charge in [0.2, 0.25) is 11.7 Å². The molecular formula is C26H23N5O3S. The van der Waals surface area contributed by atoms with Gasteiger partial charge >= 0.3 is 0 Å². The Bertz CT molecular complexity index is 1590. The highest BCUT2D eigenvalue weighted by Crippen LogP contribution is 2.26. The zero-order chi connectivity index (χ0) is 24.4. The first-order chi connectivity index (χ1) is 17.0. The van der Waals surface area contributed by atoms with Crippen LogP contribution in [0, 0.1) is 6.92 Å². The number of anilines is 1. The van der Waals surface area contributed by atoms with Crippen LogP contribution in [-0.2, 0) is 11.3 Å². The van der Waals surface area contributed by atoms with E-state index >= 15 is 0 Å². The number of fused-ring (bicyclic) bond motifs is 3. The number of para-hydroxylation sites is 1. The van der Waals surface area contributed by atoms with E-state index in [0.717, 1.165) is 11.1 Å². The van der Waals surface area contributed by atoms with Gasteiger partial charge in [-0.05, 0) is 42.3 Å². The molecule has 0 aliphatic rings. The number of nitrogens with one attached hydrogen (secondary N) is 1. The van der Waals surface area contributed by atoms with Crippen molar-refractivity contribution < 1.29 is 9.53 Å². The summed E-state index contributed by atoms with van der Waals surface area (Å²) >= 11 is 1.26. The van der Waals surface area contributed by atoms with Crippen molar-refractivity contribution in [3.05, 3.63) is 94.3 Å². The number of carbonyl (C=O) groups excluding carboxylic acids is 1. The molecule has 0 aliphatic carbocycles. The van der Waals surface area contributed by atoms with Crippen molar-refractivity contribution in [2.24, 2.45) is 0 Å². The van der Waals surface area contributed by atoms with Crippen LogP contribution >= 0.6 is 11.8 Å². The maximum absolute atomic E-state index is 13.3. The Labute approximate surface area is 205 Å². The molecule has 35 heavy (non-hydrogen) atoms. The first-order valence-electron chi connectivity index (χ1n) is 11.0. The van der Waals surface area contributed by atoms with Crippen LogP contribution in [0.5, 0.6) is 5.75 Å². The van der Waals surface area contributed by atoms with E-state index in [-0.39, 0.29) is 17.2 Å². The Hall–Kier alpha value is -4.11. The van der Waals surface area contributed by atoms with Crippen molar-refractivity contribution in [3.8, 4) is 5.75 Å². The average Bonchev–Trinajstić information content (AvgIpc) is 3.30. The molecule has 0 atom stereocenters. The van der Waals surface area contributed by atoms with Crippen LogP contribution in [0.25, 0.3) is 16.7 Å². The van der Waals surface area contributed by atoms with Gasteiger partial charge in [-0.15, -0.1) is 10.2 Å².